The molecule has 0 aromatic carbocycles. The standard InChI is InChI=1S/C14H28N4O3S/c1-16(2)14(19)15-13-8-7-11-18(12-13)22(20,21)17-9-5-3-4-6-10-17/h13H,3-12H2,1-2H3,(H,15,19). The van der Waals surface area contributed by atoms with E-state index in [1.807, 2.05) is 0 Å². The van der Waals surface area contributed by atoms with Gasteiger partial charge in [-0.15, -0.1) is 0 Å². The number of urea groups is 1. The molecule has 128 valence electrons. The van der Waals surface area contributed by atoms with Crippen LogP contribution in [0.25, 0.3) is 0 Å². The molecule has 0 bridgehead atoms. The maximum atomic E-state index is 12.8. The highest BCUT2D eigenvalue weighted by molar-refractivity contribution is 7.86. The van der Waals surface area contributed by atoms with Crippen molar-refractivity contribution in [1.29, 1.82) is 0 Å². The Morgan fingerprint density at radius 2 is 1.59 bits per heavy atom. The van der Waals surface area contributed by atoms with Gasteiger partial charge in [0, 0.05) is 46.3 Å². The molecule has 0 spiro atoms. The first-order chi connectivity index (χ1) is 10.4. The SMILES string of the molecule is CN(C)C(=O)NC1CCCN(S(=O)(=O)N2CCCCCC2)C1. The highest BCUT2D eigenvalue weighted by atomic mass is 32.2. The monoisotopic (exact) mass is 332 g/mol. The molecule has 2 amide bonds. The minimum Gasteiger partial charge on any atom is -0.334 e. The van der Waals surface area contributed by atoms with Gasteiger partial charge in [0.15, 0.2) is 0 Å². The molecule has 1 N–H and O–H groups in total. The molecule has 0 aliphatic carbocycles. The summed E-state index contributed by atoms with van der Waals surface area (Å²) >= 11 is 0. The molecule has 8 heteroatoms. The number of carbonyl (C=O) groups is 1. The Kier molecular flexibility index (Phi) is 6.05. The fraction of sp³-hybridized carbons (Fsp3) is 0.929. The molecule has 7 nitrogen and oxygen atoms in total. The Balaban J connectivity index is 1.99. The van der Waals surface area contributed by atoms with Crippen molar-refractivity contribution in [3.05, 3.63) is 0 Å². The van der Waals surface area contributed by atoms with E-state index < -0.39 is 10.2 Å². The Morgan fingerprint density at radius 3 is 2.18 bits per heavy atom. The van der Waals surface area contributed by atoms with Gasteiger partial charge in [-0.2, -0.15) is 17.0 Å². The van der Waals surface area contributed by atoms with Gasteiger partial charge in [0.1, 0.15) is 0 Å². The van der Waals surface area contributed by atoms with Crippen LogP contribution in [0, 0.1) is 0 Å². The highest BCUT2D eigenvalue weighted by Gasteiger charge is 2.34. The van der Waals surface area contributed by atoms with Crippen molar-refractivity contribution < 1.29 is 13.2 Å². The Morgan fingerprint density at radius 1 is 1.00 bits per heavy atom. The molecule has 2 aliphatic heterocycles. The van der Waals surface area contributed by atoms with Gasteiger partial charge in [-0.1, -0.05) is 12.8 Å². The normalized spacial score (nSPS) is 25.5. The van der Waals surface area contributed by atoms with Crippen LogP contribution >= 0.6 is 0 Å². The van der Waals surface area contributed by atoms with Crippen LogP contribution < -0.4 is 5.32 Å². The molecule has 22 heavy (non-hydrogen) atoms. The van der Waals surface area contributed by atoms with Crippen LogP contribution in [0.2, 0.25) is 0 Å². The second kappa shape index (κ2) is 7.61. The summed E-state index contributed by atoms with van der Waals surface area (Å²) in [4.78, 5) is 13.2. The van der Waals surface area contributed by atoms with Crippen molar-refractivity contribution in [1.82, 2.24) is 18.8 Å². The van der Waals surface area contributed by atoms with Gasteiger partial charge in [0.05, 0.1) is 0 Å². The van der Waals surface area contributed by atoms with E-state index in [1.165, 1.54) is 4.90 Å². The molecule has 0 aromatic rings. The second-order valence-corrected chi connectivity index (χ2v) is 8.29. The number of nitrogens with zero attached hydrogens (tertiary/aromatic N) is 3. The van der Waals surface area contributed by atoms with E-state index in [2.05, 4.69) is 5.32 Å². The molecule has 0 aromatic heterocycles. The Hall–Kier alpha value is -0.860. The second-order valence-electron chi connectivity index (χ2n) is 6.36. The minimum atomic E-state index is -3.40. The predicted molar refractivity (Wildman–Crippen MR) is 85.8 cm³/mol. The molecule has 1 atom stereocenters. The lowest BCUT2D eigenvalue weighted by molar-refractivity contribution is 0.202. The molecule has 0 saturated carbocycles. The molecule has 2 rings (SSSR count). The quantitative estimate of drug-likeness (QED) is 0.832. The maximum Gasteiger partial charge on any atom is 0.317 e. The van der Waals surface area contributed by atoms with Crippen molar-refractivity contribution in [3.63, 3.8) is 0 Å². The third-order valence-corrected chi connectivity index (χ3v) is 6.34. The number of hydrogen-bond donors (Lipinski definition) is 1. The Labute approximate surface area is 133 Å². The van der Waals surface area contributed by atoms with Gasteiger partial charge in [0.25, 0.3) is 10.2 Å². The largest absolute Gasteiger partial charge is 0.334 e. The summed E-state index contributed by atoms with van der Waals surface area (Å²) in [5.74, 6) is 0. The smallest absolute Gasteiger partial charge is 0.317 e. The average Bonchev–Trinajstić information content (AvgIpc) is 2.77. The van der Waals surface area contributed by atoms with Crippen LogP contribution in [-0.2, 0) is 10.2 Å². The summed E-state index contributed by atoms with van der Waals surface area (Å²) in [5, 5.41) is 2.90. The molecule has 2 aliphatic rings. The van der Waals surface area contributed by atoms with E-state index in [-0.39, 0.29) is 12.1 Å². The zero-order chi connectivity index (χ0) is 16.2. The van der Waals surface area contributed by atoms with E-state index in [4.69, 9.17) is 0 Å². The summed E-state index contributed by atoms with van der Waals surface area (Å²) in [6.45, 7) is 2.16. The van der Waals surface area contributed by atoms with Crippen LogP contribution in [0.4, 0.5) is 4.79 Å². The van der Waals surface area contributed by atoms with Crippen molar-refractivity contribution in [3.8, 4) is 0 Å². The lowest BCUT2D eigenvalue weighted by Gasteiger charge is -2.35. The van der Waals surface area contributed by atoms with Crippen LogP contribution in [0.1, 0.15) is 38.5 Å². The fourth-order valence-corrected chi connectivity index (χ4v) is 4.78. The number of rotatable bonds is 3. The van der Waals surface area contributed by atoms with Gasteiger partial charge < -0.3 is 10.2 Å². The first-order valence-electron chi connectivity index (χ1n) is 8.14. The third kappa shape index (κ3) is 4.33. The molecule has 1 unspecified atom stereocenters. The van der Waals surface area contributed by atoms with Crippen LogP contribution in [0.5, 0.6) is 0 Å². The number of hydrogen-bond acceptors (Lipinski definition) is 3. The highest BCUT2D eigenvalue weighted by Crippen LogP contribution is 2.20. The maximum absolute atomic E-state index is 12.8. The molecule has 2 fully saturated rings. The Bertz CT molecular complexity index is 472. The number of piperidine rings is 1. The number of carbonyl (C=O) groups excluding carboxylic acids is 1. The molecule has 2 saturated heterocycles. The first-order valence-corrected chi connectivity index (χ1v) is 9.54. The topological polar surface area (TPSA) is 73.0 Å². The van der Waals surface area contributed by atoms with Crippen molar-refractivity contribution in [2.45, 2.75) is 44.6 Å². The zero-order valence-corrected chi connectivity index (χ0v) is 14.4. The summed E-state index contributed by atoms with van der Waals surface area (Å²) < 4.78 is 28.7. The average molecular weight is 332 g/mol. The van der Waals surface area contributed by atoms with Crippen molar-refractivity contribution in [2.24, 2.45) is 0 Å². The summed E-state index contributed by atoms with van der Waals surface area (Å²) in [7, 11) is -0.0268. The van der Waals surface area contributed by atoms with Crippen molar-refractivity contribution >= 4 is 16.2 Å². The summed E-state index contributed by atoms with van der Waals surface area (Å²) in [6, 6.07) is -0.274. The molecular formula is C14H28N4O3S. The summed E-state index contributed by atoms with van der Waals surface area (Å²) in [5.41, 5.74) is 0. The van der Waals surface area contributed by atoms with Crippen molar-refractivity contribution in [2.75, 3.05) is 40.3 Å². The van der Waals surface area contributed by atoms with Gasteiger partial charge in [-0.25, -0.2) is 4.79 Å². The molecule has 2 heterocycles. The van der Waals surface area contributed by atoms with Crippen LogP contribution in [-0.4, -0.2) is 74.3 Å². The van der Waals surface area contributed by atoms with Gasteiger partial charge in [-0.3, -0.25) is 0 Å². The lowest BCUT2D eigenvalue weighted by atomic mass is 10.1. The predicted octanol–water partition coefficient (Wildman–Crippen LogP) is 0.843. The van der Waals surface area contributed by atoms with E-state index >= 15 is 0 Å². The summed E-state index contributed by atoms with van der Waals surface area (Å²) in [6.07, 6.45) is 5.69. The van der Waals surface area contributed by atoms with Crippen LogP contribution in [0.3, 0.4) is 0 Å². The van der Waals surface area contributed by atoms with E-state index in [0.717, 1.165) is 38.5 Å². The van der Waals surface area contributed by atoms with Crippen LogP contribution in [0.15, 0.2) is 0 Å². The van der Waals surface area contributed by atoms with E-state index in [9.17, 15) is 13.2 Å². The fourth-order valence-electron chi connectivity index (χ4n) is 3.01. The zero-order valence-electron chi connectivity index (χ0n) is 13.6. The number of nitrogens with one attached hydrogen (secondary N) is 1. The molecular weight excluding hydrogens is 304 g/mol. The third-order valence-electron chi connectivity index (χ3n) is 4.34. The first kappa shape index (κ1) is 17.5. The van der Waals surface area contributed by atoms with Gasteiger partial charge in [0.2, 0.25) is 0 Å². The number of amides is 2. The molecule has 0 radical (unpaired) electrons. The van der Waals surface area contributed by atoms with E-state index in [1.54, 1.807) is 22.7 Å². The van der Waals surface area contributed by atoms with Gasteiger partial charge >= 0.3 is 6.03 Å². The van der Waals surface area contributed by atoms with Gasteiger partial charge in [-0.05, 0) is 25.7 Å². The van der Waals surface area contributed by atoms with E-state index in [0.29, 0.717) is 26.2 Å². The lowest BCUT2D eigenvalue weighted by Crippen LogP contribution is -2.54. The minimum absolute atomic E-state index is 0.106.